The first-order chi connectivity index (χ1) is 6.49. The van der Waals surface area contributed by atoms with Gasteiger partial charge in [-0.2, -0.15) is 0 Å². The Balaban J connectivity index is 0. The van der Waals surface area contributed by atoms with Crippen LogP contribution in [0.15, 0.2) is 0 Å². The molecule has 0 saturated heterocycles. The summed E-state index contributed by atoms with van der Waals surface area (Å²) in [5.41, 5.74) is 5.59. The highest BCUT2D eigenvalue weighted by molar-refractivity contribution is 5.75. The van der Waals surface area contributed by atoms with E-state index in [0.717, 1.165) is 6.42 Å². The van der Waals surface area contributed by atoms with Crippen LogP contribution in [0.25, 0.3) is 0 Å². The highest BCUT2D eigenvalue weighted by Crippen LogP contribution is 2.04. The molecule has 0 aliphatic rings. The number of esters is 1. The van der Waals surface area contributed by atoms with Crippen molar-refractivity contribution in [3.63, 3.8) is 0 Å². The minimum absolute atomic E-state index is 0.0256. The number of hydrogen-bond donors (Lipinski definition) is 1. The van der Waals surface area contributed by atoms with Crippen molar-refractivity contribution in [1.29, 1.82) is 0 Å². The zero-order valence-electron chi connectivity index (χ0n) is 10.3. The second kappa shape index (κ2) is 9.00. The summed E-state index contributed by atoms with van der Waals surface area (Å²) in [5.74, 6) is -0.152. The summed E-state index contributed by atoms with van der Waals surface area (Å²) in [6.07, 6.45) is 0.804. The Morgan fingerprint density at radius 3 is 2.00 bits per heavy atom. The molecule has 0 fully saturated rings. The Morgan fingerprint density at radius 1 is 1.29 bits per heavy atom. The van der Waals surface area contributed by atoms with E-state index < -0.39 is 6.04 Å². The van der Waals surface area contributed by atoms with Crippen LogP contribution in [0.4, 0.5) is 0 Å². The first-order valence-electron chi connectivity index (χ1n) is 5.45. The molecule has 3 nitrogen and oxygen atoms in total. The van der Waals surface area contributed by atoms with Crippen LogP contribution in [0, 0.1) is 5.92 Å². The molecule has 2 N–H and O–H groups in total. The van der Waals surface area contributed by atoms with Crippen LogP contribution in [0.5, 0.6) is 0 Å². The lowest BCUT2D eigenvalue weighted by atomic mass is 10.1. The summed E-state index contributed by atoms with van der Waals surface area (Å²) in [6, 6.07) is -0.487. The summed E-state index contributed by atoms with van der Waals surface area (Å²) in [4.78, 5) is 11.2. The molecule has 0 aliphatic carbocycles. The molecule has 3 heteroatoms. The molecule has 0 aromatic carbocycles. The predicted molar refractivity (Wildman–Crippen MR) is 60.0 cm³/mol. The molecule has 0 aromatic rings. The van der Waals surface area contributed by atoms with Crippen LogP contribution in [0.2, 0.25) is 0 Å². The Morgan fingerprint density at radius 2 is 1.71 bits per heavy atom. The predicted octanol–water partition coefficient (Wildman–Crippen LogP) is 2.34. The molecule has 0 aromatic heterocycles. The van der Waals surface area contributed by atoms with Gasteiger partial charge in [-0.15, -0.1) is 0 Å². The van der Waals surface area contributed by atoms with Crippen molar-refractivity contribution in [2.24, 2.45) is 11.7 Å². The molecule has 0 bridgehead atoms. The van der Waals surface area contributed by atoms with Crippen LogP contribution in [-0.4, -0.2) is 18.1 Å². The van der Waals surface area contributed by atoms with Crippen molar-refractivity contribution in [1.82, 2.24) is 0 Å². The van der Waals surface area contributed by atoms with E-state index in [1.54, 1.807) is 0 Å². The highest BCUT2D eigenvalue weighted by atomic mass is 16.5. The third-order valence-corrected chi connectivity index (χ3v) is 1.88. The first-order valence-corrected chi connectivity index (χ1v) is 5.45. The van der Waals surface area contributed by atoms with Gasteiger partial charge in [-0.05, 0) is 19.3 Å². The second-order valence-electron chi connectivity index (χ2n) is 3.43. The van der Waals surface area contributed by atoms with Gasteiger partial charge in [0.1, 0.15) is 6.04 Å². The second-order valence-corrected chi connectivity index (χ2v) is 3.43. The van der Waals surface area contributed by atoms with Crippen molar-refractivity contribution < 1.29 is 9.53 Å². The topological polar surface area (TPSA) is 52.3 Å². The summed E-state index contributed by atoms with van der Waals surface area (Å²) in [7, 11) is 0. The van der Waals surface area contributed by atoms with Crippen LogP contribution < -0.4 is 5.73 Å². The molecular formula is C11H25NO2. The monoisotopic (exact) mass is 203 g/mol. The van der Waals surface area contributed by atoms with Crippen molar-refractivity contribution in [3.05, 3.63) is 0 Å². The number of nitrogens with two attached hydrogens (primary N) is 1. The van der Waals surface area contributed by atoms with Crippen molar-refractivity contribution in [2.75, 3.05) is 0 Å². The normalized spacial score (nSPS) is 14.0. The smallest absolute Gasteiger partial charge is 0.323 e. The van der Waals surface area contributed by atoms with Gasteiger partial charge in [0.25, 0.3) is 0 Å². The highest BCUT2D eigenvalue weighted by Gasteiger charge is 2.19. The van der Waals surface area contributed by atoms with E-state index in [4.69, 9.17) is 10.5 Å². The molecule has 0 saturated carbocycles. The Bertz CT molecular complexity index is 146. The van der Waals surface area contributed by atoms with E-state index in [1.807, 2.05) is 41.5 Å². The summed E-state index contributed by atoms with van der Waals surface area (Å²) >= 11 is 0. The fraction of sp³-hybridized carbons (Fsp3) is 0.909. The van der Waals surface area contributed by atoms with Gasteiger partial charge < -0.3 is 10.5 Å². The zero-order valence-corrected chi connectivity index (χ0v) is 10.3. The molecule has 0 spiro atoms. The molecule has 86 valence electrons. The maximum atomic E-state index is 11.2. The number of hydrogen-bond acceptors (Lipinski definition) is 3. The maximum Gasteiger partial charge on any atom is 0.323 e. The Kier molecular flexibility index (Phi) is 10.2. The van der Waals surface area contributed by atoms with Crippen molar-refractivity contribution >= 4 is 5.97 Å². The Labute approximate surface area is 88.0 Å². The quantitative estimate of drug-likeness (QED) is 0.713. The van der Waals surface area contributed by atoms with Gasteiger partial charge in [0.15, 0.2) is 0 Å². The van der Waals surface area contributed by atoms with E-state index in [2.05, 4.69) is 0 Å². The van der Waals surface area contributed by atoms with Gasteiger partial charge in [-0.1, -0.05) is 34.6 Å². The lowest BCUT2D eigenvalue weighted by Gasteiger charge is -2.17. The molecule has 1 unspecified atom stereocenters. The van der Waals surface area contributed by atoms with E-state index in [-0.39, 0.29) is 18.0 Å². The maximum absolute atomic E-state index is 11.2. The van der Waals surface area contributed by atoms with Gasteiger partial charge >= 0.3 is 5.97 Å². The zero-order chi connectivity index (χ0) is 11.7. The molecule has 14 heavy (non-hydrogen) atoms. The molecule has 0 amide bonds. The fourth-order valence-electron chi connectivity index (χ4n) is 0.632. The van der Waals surface area contributed by atoms with Crippen LogP contribution in [0.1, 0.15) is 48.0 Å². The standard InChI is InChI=1S/C9H19NO2.C2H6/c1-5-7(4)12-9(11)8(10)6(2)3;1-2/h6-8H,5,10H2,1-4H3;1-2H3/t7?,8-;/m1./s1. The fourth-order valence-corrected chi connectivity index (χ4v) is 0.632. The number of carbonyl (C=O) groups is 1. The van der Waals surface area contributed by atoms with Crippen LogP contribution in [-0.2, 0) is 9.53 Å². The molecular weight excluding hydrogens is 178 g/mol. The summed E-state index contributed by atoms with van der Waals surface area (Å²) in [5, 5.41) is 0. The molecule has 0 heterocycles. The van der Waals surface area contributed by atoms with Crippen molar-refractivity contribution in [2.45, 2.75) is 60.1 Å². The molecule has 2 atom stereocenters. The Hall–Kier alpha value is -0.570. The largest absolute Gasteiger partial charge is 0.462 e. The minimum atomic E-state index is -0.487. The third kappa shape index (κ3) is 6.89. The van der Waals surface area contributed by atoms with E-state index in [0.29, 0.717) is 0 Å². The first kappa shape index (κ1) is 15.9. The lowest BCUT2D eigenvalue weighted by Crippen LogP contribution is -2.38. The van der Waals surface area contributed by atoms with Gasteiger partial charge in [0, 0.05) is 0 Å². The minimum Gasteiger partial charge on any atom is -0.462 e. The van der Waals surface area contributed by atoms with E-state index in [1.165, 1.54) is 0 Å². The van der Waals surface area contributed by atoms with E-state index in [9.17, 15) is 4.79 Å². The number of carbonyl (C=O) groups excluding carboxylic acids is 1. The summed E-state index contributed by atoms with van der Waals surface area (Å²) < 4.78 is 5.06. The number of ether oxygens (including phenoxy) is 1. The lowest BCUT2D eigenvalue weighted by molar-refractivity contribution is -0.151. The summed E-state index contributed by atoms with van der Waals surface area (Å²) in [6.45, 7) is 11.6. The van der Waals surface area contributed by atoms with Gasteiger partial charge in [0.05, 0.1) is 6.10 Å². The van der Waals surface area contributed by atoms with Gasteiger partial charge in [0.2, 0.25) is 0 Å². The average Bonchev–Trinajstić information content (AvgIpc) is 2.19. The SMILES string of the molecule is CC.CCC(C)OC(=O)[C@H](N)C(C)C. The van der Waals surface area contributed by atoms with Crippen LogP contribution in [0.3, 0.4) is 0 Å². The molecule has 0 radical (unpaired) electrons. The molecule has 0 aliphatic heterocycles. The molecule has 0 rings (SSSR count). The van der Waals surface area contributed by atoms with Crippen molar-refractivity contribution in [3.8, 4) is 0 Å². The van der Waals surface area contributed by atoms with Gasteiger partial charge in [-0.3, -0.25) is 4.79 Å². The number of rotatable bonds is 4. The van der Waals surface area contributed by atoms with E-state index >= 15 is 0 Å². The van der Waals surface area contributed by atoms with Gasteiger partial charge in [-0.25, -0.2) is 0 Å². The van der Waals surface area contributed by atoms with Crippen LogP contribution >= 0.6 is 0 Å². The third-order valence-electron chi connectivity index (χ3n) is 1.88. The average molecular weight is 203 g/mol.